The Morgan fingerprint density at radius 2 is 2.08 bits per heavy atom. The molecule has 1 unspecified atom stereocenters. The Morgan fingerprint density at radius 3 is 2.50 bits per heavy atom. The Kier molecular flexibility index (Phi) is 5.14. The molecule has 0 aromatic heterocycles. The number of rotatable bonds is 4. The molecule has 0 aromatic carbocycles. The highest BCUT2D eigenvalue weighted by Crippen LogP contribution is 1.84. The normalized spacial score (nSPS) is 12.2. The fourth-order valence-electron chi connectivity index (χ4n) is 0.714. The molecule has 0 spiro atoms. The van der Waals surface area contributed by atoms with Crippen LogP contribution in [0.4, 0.5) is 0 Å². The zero-order valence-corrected chi connectivity index (χ0v) is 7.85. The second kappa shape index (κ2) is 5.62. The number of carbonyl (C=O) groups is 1. The van der Waals surface area contributed by atoms with Gasteiger partial charge in [-0.15, -0.1) is 6.42 Å². The van der Waals surface area contributed by atoms with Crippen molar-refractivity contribution in [1.29, 1.82) is 0 Å². The maximum absolute atomic E-state index is 11.2. The van der Waals surface area contributed by atoms with E-state index < -0.39 is 0 Å². The van der Waals surface area contributed by atoms with E-state index in [4.69, 9.17) is 6.42 Å². The molecule has 12 heavy (non-hydrogen) atoms. The summed E-state index contributed by atoms with van der Waals surface area (Å²) in [6.07, 6.45) is 5.03. The van der Waals surface area contributed by atoms with Crippen LogP contribution in [-0.2, 0) is 4.79 Å². The van der Waals surface area contributed by atoms with Gasteiger partial charge >= 0.3 is 0 Å². The molecule has 0 saturated heterocycles. The molecule has 68 valence electrons. The number of hydrogen-bond acceptors (Lipinski definition) is 2. The predicted molar refractivity (Wildman–Crippen MR) is 49.6 cm³/mol. The Bertz CT molecular complexity index is 181. The zero-order chi connectivity index (χ0) is 9.56. The van der Waals surface area contributed by atoms with Crippen LogP contribution in [0, 0.1) is 12.3 Å². The Morgan fingerprint density at radius 1 is 1.50 bits per heavy atom. The van der Waals surface area contributed by atoms with Crippen LogP contribution in [0.3, 0.4) is 0 Å². The standard InChI is InChI=1S/C9H16N2O/c1-5-6-10-8(4)9(12)11-7(2)3/h1,7-8,10H,6H2,2-4H3,(H,11,12). The topological polar surface area (TPSA) is 41.1 Å². The van der Waals surface area contributed by atoms with Gasteiger partial charge in [0.2, 0.25) is 5.91 Å². The zero-order valence-electron chi connectivity index (χ0n) is 7.85. The van der Waals surface area contributed by atoms with E-state index in [1.165, 1.54) is 0 Å². The molecule has 0 rings (SSSR count). The highest BCUT2D eigenvalue weighted by Gasteiger charge is 2.11. The van der Waals surface area contributed by atoms with Gasteiger partial charge in [-0.05, 0) is 20.8 Å². The van der Waals surface area contributed by atoms with Gasteiger partial charge in [0, 0.05) is 6.04 Å². The lowest BCUT2D eigenvalue weighted by atomic mass is 10.3. The van der Waals surface area contributed by atoms with Crippen molar-refractivity contribution in [2.24, 2.45) is 0 Å². The van der Waals surface area contributed by atoms with Crippen LogP contribution in [0.1, 0.15) is 20.8 Å². The van der Waals surface area contributed by atoms with Crippen LogP contribution >= 0.6 is 0 Å². The van der Waals surface area contributed by atoms with Crippen LogP contribution in [-0.4, -0.2) is 24.5 Å². The summed E-state index contributed by atoms with van der Waals surface area (Å²) in [6, 6.07) is -0.0453. The fourth-order valence-corrected chi connectivity index (χ4v) is 0.714. The van der Waals surface area contributed by atoms with E-state index in [0.29, 0.717) is 6.54 Å². The van der Waals surface area contributed by atoms with Crippen molar-refractivity contribution >= 4 is 5.91 Å². The minimum Gasteiger partial charge on any atom is -0.353 e. The second-order valence-electron chi connectivity index (χ2n) is 2.97. The van der Waals surface area contributed by atoms with Gasteiger partial charge in [-0.25, -0.2) is 0 Å². The monoisotopic (exact) mass is 168 g/mol. The Labute approximate surface area is 73.9 Å². The van der Waals surface area contributed by atoms with Gasteiger partial charge in [0.25, 0.3) is 0 Å². The third kappa shape index (κ3) is 4.75. The first-order valence-electron chi connectivity index (χ1n) is 4.05. The molecular weight excluding hydrogens is 152 g/mol. The molecule has 0 aromatic rings. The summed E-state index contributed by atoms with van der Waals surface area (Å²) in [6.45, 7) is 6.05. The molecule has 0 aliphatic carbocycles. The minimum atomic E-state index is -0.219. The molecule has 0 fully saturated rings. The summed E-state index contributed by atoms with van der Waals surface area (Å²) < 4.78 is 0. The van der Waals surface area contributed by atoms with E-state index in [1.807, 2.05) is 13.8 Å². The highest BCUT2D eigenvalue weighted by atomic mass is 16.2. The average molecular weight is 168 g/mol. The molecule has 2 N–H and O–H groups in total. The van der Waals surface area contributed by atoms with E-state index in [9.17, 15) is 4.79 Å². The Balaban J connectivity index is 3.70. The number of terminal acetylenes is 1. The molecule has 0 bridgehead atoms. The van der Waals surface area contributed by atoms with Gasteiger partial charge in [0.1, 0.15) is 0 Å². The largest absolute Gasteiger partial charge is 0.353 e. The molecule has 0 heterocycles. The van der Waals surface area contributed by atoms with Crippen LogP contribution in [0.5, 0.6) is 0 Å². The summed E-state index contributed by atoms with van der Waals surface area (Å²) in [4.78, 5) is 11.2. The first-order valence-corrected chi connectivity index (χ1v) is 4.05. The van der Waals surface area contributed by atoms with E-state index in [-0.39, 0.29) is 18.0 Å². The van der Waals surface area contributed by atoms with Gasteiger partial charge < -0.3 is 5.32 Å². The van der Waals surface area contributed by atoms with Gasteiger partial charge in [0.05, 0.1) is 12.6 Å². The number of carbonyl (C=O) groups excluding carboxylic acids is 1. The highest BCUT2D eigenvalue weighted by molar-refractivity contribution is 5.81. The molecule has 0 aliphatic heterocycles. The first kappa shape index (κ1) is 11.0. The molecule has 3 heteroatoms. The molecule has 1 atom stereocenters. The van der Waals surface area contributed by atoms with E-state index in [2.05, 4.69) is 16.6 Å². The lowest BCUT2D eigenvalue weighted by Crippen LogP contribution is -2.44. The van der Waals surface area contributed by atoms with Crippen molar-refractivity contribution < 1.29 is 4.79 Å². The van der Waals surface area contributed by atoms with Crippen molar-refractivity contribution in [3.05, 3.63) is 0 Å². The van der Waals surface area contributed by atoms with Crippen molar-refractivity contribution in [3.63, 3.8) is 0 Å². The third-order valence-corrected chi connectivity index (χ3v) is 1.33. The van der Waals surface area contributed by atoms with Crippen molar-refractivity contribution in [2.45, 2.75) is 32.9 Å². The van der Waals surface area contributed by atoms with Gasteiger partial charge in [-0.3, -0.25) is 10.1 Å². The van der Waals surface area contributed by atoms with Crippen molar-refractivity contribution in [1.82, 2.24) is 10.6 Å². The average Bonchev–Trinajstić information content (AvgIpc) is 1.98. The summed E-state index contributed by atoms with van der Waals surface area (Å²) >= 11 is 0. The lowest BCUT2D eigenvalue weighted by Gasteiger charge is -2.14. The quantitative estimate of drug-likeness (QED) is 0.585. The third-order valence-electron chi connectivity index (χ3n) is 1.33. The SMILES string of the molecule is C#CCNC(C)C(=O)NC(C)C. The Hall–Kier alpha value is -1.01. The van der Waals surface area contributed by atoms with E-state index >= 15 is 0 Å². The van der Waals surface area contributed by atoms with Crippen molar-refractivity contribution in [3.8, 4) is 12.3 Å². The van der Waals surface area contributed by atoms with Crippen LogP contribution in [0.2, 0.25) is 0 Å². The molecule has 0 aliphatic rings. The number of nitrogens with one attached hydrogen (secondary N) is 2. The van der Waals surface area contributed by atoms with Crippen molar-refractivity contribution in [2.75, 3.05) is 6.54 Å². The summed E-state index contributed by atoms with van der Waals surface area (Å²) in [5.41, 5.74) is 0. The van der Waals surface area contributed by atoms with Crippen LogP contribution in [0.15, 0.2) is 0 Å². The van der Waals surface area contributed by atoms with E-state index in [1.54, 1.807) is 6.92 Å². The number of amides is 1. The van der Waals surface area contributed by atoms with E-state index in [0.717, 1.165) is 0 Å². The fraction of sp³-hybridized carbons (Fsp3) is 0.667. The number of hydrogen-bond donors (Lipinski definition) is 2. The summed E-state index contributed by atoms with van der Waals surface area (Å²) in [5.74, 6) is 2.40. The molecule has 1 amide bonds. The van der Waals surface area contributed by atoms with Crippen LogP contribution in [0.25, 0.3) is 0 Å². The maximum Gasteiger partial charge on any atom is 0.237 e. The predicted octanol–water partition coefficient (Wildman–Crippen LogP) is 0.122. The molecular formula is C9H16N2O. The molecule has 0 radical (unpaired) electrons. The summed E-state index contributed by atoms with van der Waals surface area (Å²) in [5, 5.41) is 5.67. The van der Waals surface area contributed by atoms with Gasteiger partial charge in [0.15, 0.2) is 0 Å². The maximum atomic E-state index is 11.2. The lowest BCUT2D eigenvalue weighted by molar-refractivity contribution is -0.123. The van der Waals surface area contributed by atoms with Gasteiger partial charge in [-0.2, -0.15) is 0 Å². The molecule has 0 saturated carbocycles. The smallest absolute Gasteiger partial charge is 0.237 e. The first-order chi connectivity index (χ1) is 5.57. The summed E-state index contributed by atoms with van der Waals surface area (Å²) in [7, 11) is 0. The molecule has 3 nitrogen and oxygen atoms in total. The van der Waals surface area contributed by atoms with Crippen LogP contribution < -0.4 is 10.6 Å². The van der Waals surface area contributed by atoms with Gasteiger partial charge in [-0.1, -0.05) is 5.92 Å². The minimum absolute atomic E-state index is 0.0137. The second-order valence-corrected chi connectivity index (χ2v) is 2.97.